The Balaban J connectivity index is 1.69. The highest BCUT2D eigenvalue weighted by molar-refractivity contribution is 5.89. The summed E-state index contributed by atoms with van der Waals surface area (Å²) in [5.74, 6) is -0.910. The number of amides is 3. The van der Waals surface area contributed by atoms with Crippen molar-refractivity contribution in [3.63, 3.8) is 0 Å². The van der Waals surface area contributed by atoms with Crippen molar-refractivity contribution < 1.29 is 19.1 Å². The Morgan fingerprint density at radius 1 is 1.19 bits per heavy atom. The van der Waals surface area contributed by atoms with Crippen LogP contribution in [0.3, 0.4) is 0 Å². The topological polar surface area (TPSA) is 87.7 Å². The van der Waals surface area contributed by atoms with Gasteiger partial charge < -0.3 is 20.3 Å². The van der Waals surface area contributed by atoms with Crippen molar-refractivity contribution in [3.8, 4) is 0 Å². The van der Waals surface area contributed by atoms with Crippen LogP contribution in [0.15, 0.2) is 30.3 Å². The number of hydrogen-bond acceptors (Lipinski definition) is 4. The number of rotatable bonds is 7. The van der Waals surface area contributed by atoms with Crippen LogP contribution in [0.25, 0.3) is 0 Å². The molecule has 1 aromatic carbocycles. The summed E-state index contributed by atoms with van der Waals surface area (Å²) in [6.45, 7) is 4.70. The van der Waals surface area contributed by atoms with Crippen molar-refractivity contribution in [1.29, 1.82) is 0 Å². The van der Waals surface area contributed by atoms with Gasteiger partial charge in [-0.1, -0.05) is 31.5 Å². The van der Waals surface area contributed by atoms with E-state index in [0.29, 0.717) is 25.9 Å². The van der Waals surface area contributed by atoms with Crippen LogP contribution >= 0.6 is 0 Å². The number of ether oxygens (including phenoxy) is 1. The maximum Gasteiger partial charge on any atom is 0.321 e. The minimum Gasteiger partial charge on any atom is -0.455 e. The quantitative estimate of drug-likeness (QED) is 0.718. The number of carbonyl (C=O) groups excluding carboxylic acids is 3. The van der Waals surface area contributed by atoms with Crippen molar-refractivity contribution in [2.75, 3.05) is 25.0 Å². The molecule has 1 heterocycles. The molecule has 1 aromatic rings. The van der Waals surface area contributed by atoms with Gasteiger partial charge in [-0.3, -0.25) is 9.59 Å². The first-order chi connectivity index (χ1) is 13.0. The van der Waals surface area contributed by atoms with Crippen molar-refractivity contribution in [3.05, 3.63) is 30.3 Å². The summed E-state index contributed by atoms with van der Waals surface area (Å²) in [5, 5.41) is 5.65. The van der Waals surface area contributed by atoms with E-state index in [9.17, 15) is 14.4 Å². The lowest BCUT2D eigenvalue weighted by molar-refractivity contribution is -0.154. The van der Waals surface area contributed by atoms with Crippen LogP contribution in [0, 0.1) is 5.92 Å². The Kier molecular flexibility index (Phi) is 8.10. The summed E-state index contributed by atoms with van der Waals surface area (Å²) >= 11 is 0. The monoisotopic (exact) mass is 375 g/mol. The van der Waals surface area contributed by atoms with Gasteiger partial charge in [0.25, 0.3) is 5.91 Å². The number of nitrogens with zero attached hydrogens (tertiary/aromatic N) is 1. The molecular weight excluding hydrogens is 346 g/mol. The Hall–Kier alpha value is -2.57. The highest BCUT2D eigenvalue weighted by Crippen LogP contribution is 2.19. The van der Waals surface area contributed by atoms with E-state index in [0.717, 1.165) is 18.5 Å². The van der Waals surface area contributed by atoms with Crippen molar-refractivity contribution in [1.82, 2.24) is 10.2 Å². The molecule has 0 aromatic heterocycles. The van der Waals surface area contributed by atoms with Gasteiger partial charge in [-0.15, -0.1) is 0 Å². The summed E-state index contributed by atoms with van der Waals surface area (Å²) in [4.78, 5) is 37.9. The van der Waals surface area contributed by atoms with Crippen LogP contribution in [0.1, 0.15) is 39.5 Å². The zero-order valence-corrected chi connectivity index (χ0v) is 16.1. The molecule has 0 aliphatic carbocycles. The normalized spacial score (nSPS) is 15.7. The first kappa shape index (κ1) is 20.7. The minimum absolute atomic E-state index is 0.0765. The molecule has 2 N–H and O–H groups in total. The number of likely N-dealkylation sites (tertiary alicyclic amines) is 1. The van der Waals surface area contributed by atoms with Crippen LogP contribution in [0.2, 0.25) is 0 Å². The molecule has 3 amide bonds. The largest absolute Gasteiger partial charge is 0.455 e. The van der Waals surface area contributed by atoms with E-state index < -0.39 is 0 Å². The van der Waals surface area contributed by atoms with E-state index in [1.54, 1.807) is 4.90 Å². The fourth-order valence-electron chi connectivity index (χ4n) is 3.12. The molecule has 0 spiro atoms. The Morgan fingerprint density at radius 2 is 1.85 bits per heavy atom. The third kappa shape index (κ3) is 6.92. The molecule has 7 heteroatoms. The van der Waals surface area contributed by atoms with Crippen molar-refractivity contribution >= 4 is 23.6 Å². The zero-order valence-electron chi connectivity index (χ0n) is 16.1. The zero-order chi connectivity index (χ0) is 19.6. The third-order valence-electron chi connectivity index (χ3n) is 4.62. The van der Waals surface area contributed by atoms with Crippen molar-refractivity contribution in [2.45, 2.75) is 45.6 Å². The molecule has 148 valence electrons. The van der Waals surface area contributed by atoms with Crippen LogP contribution < -0.4 is 10.6 Å². The number of urea groups is 1. The highest BCUT2D eigenvalue weighted by atomic mass is 16.5. The highest BCUT2D eigenvalue weighted by Gasteiger charge is 2.28. The Labute approximate surface area is 160 Å². The van der Waals surface area contributed by atoms with Gasteiger partial charge in [0, 0.05) is 24.8 Å². The molecule has 2 rings (SSSR count). The number of para-hydroxylation sites is 1. The average Bonchev–Trinajstić information content (AvgIpc) is 2.67. The predicted molar refractivity (Wildman–Crippen MR) is 103 cm³/mol. The second-order valence-electron chi connectivity index (χ2n) is 6.92. The molecule has 0 unspecified atom stereocenters. The second-order valence-corrected chi connectivity index (χ2v) is 6.92. The molecule has 1 saturated heterocycles. The lowest BCUT2D eigenvalue weighted by Gasteiger charge is -2.30. The first-order valence-electron chi connectivity index (χ1n) is 9.56. The number of piperidine rings is 1. The van der Waals surface area contributed by atoms with E-state index >= 15 is 0 Å². The van der Waals surface area contributed by atoms with Crippen LogP contribution in [0.4, 0.5) is 10.5 Å². The van der Waals surface area contributed by atoms with Gasteiger partial charge in [0.1, 0.15) is 0 Å². The minimum atomic E-state index is -0.364. The summed E-state index contributed by atoms with van der Waals surface area (Å²) in [6, 6.07) is 9.17. The molecule has 0 bridgehead atoms. The van der Waals surface area contributed by atoms with E-state index in [1.807, 2.05) is 37.3 Å². The Bertz CT molecular complexity index is 627. The van der Waals surface area contributed by atoms with Crippen LogP contribution in [0.5, 0.6) is 0 Å². The number of nitrogens with one attached hydrogen (secondary N) is 2. The summed E-state index contributed by atoms with van der Waals surface area (Å²) in [5.41, 5.74) is 0.743. The molecule has 27 heavy (non-hydrogen) atoms. The molecule has 1 atom stereocenters. The molecular formula is C20H29N3O4. The third-order valence-corrected chi connectivity index (χ3v) is 4.62. The maximum absolute atomic E-state index is 12.3. The van der Waals surface area contributed by atoms with Gasteiger partial charge in [-0.2, -0.15) is 0 Å². The molecule has 7 nitrogen and oxygen atoms in total. The van der Waals surface area contributed by atoms with E-state index in [-0.39, 0.29) is 36.5 Å². The smallest absolute Gasteiger partial charge is 0.321 e. The molecule has 0 radical (unpaired) electrons. The molecule has 1 aliphatic rings. The predicted octanol–water partition coefficient (Wildman–Crippen LogP) is 2.78. The van der Waals surface area contributed by atoms with E-state index in [2.05, 4.69) is 17.6 Å². The number of hydrogen-bond donors (Lipinski definition) is 2. The van der Waals surface area contributed by atoms with Gasteiger partial charge in [0.05, 0.1) is 5.92 Å². The second kappa shape index (κ2) is 10.5. The number of anilines is 1. The maximum atomic E-state index is 12.3. The van der Waals surface area contributed by atoms with Crippen molar-refractivity contribution in [2.24, 2.45) is 5.92 Å². The van der Waals surface area contributed by atoms with Gasteiger partial charge in [0.2, 0.25) is 0 Å². The standard InChI is InChI=1S/C20H29N3O4/c1-3-7-15(2)21-18(24)14-27-19(25)16-10-12-23(13-11-16)20(26)22-17-8-5-4-6-9-17/h4-6,8-9,15-16H,3,7,10-14H2,1-2H3,(H,21,24)(H,22,26)/t15-/m1/s1. The van der Waals surface area contributed by atoms with Gasteiger partial charge >= 0.3 is 12.0 Å². The fourth-order valence-corrected chi connectivity index (χ4v) is 3.12. The lowest BCUT2D eigenvalue weighted by atomic mass is 9.97. The van der Waals surface area contributed by atoms with Gasteiger partial charge in [-0.25, -0.2) is 4.79 Å². The number of benzene rings is 1. The molecule has 1 aliphatic heterocycles. The summed E-state index contributed by atoms with van der Waals surface area (Å²) in [7, 11) is 0. The van der Waals surface area contributed by atoms with Crippen LogP contribution in [-0.2, 0) is 14.3 Å². The fraction of sp³-hybridized carbons (Fsp3) is 0.550. The number of esters is 1. The Morgan fingerprint density at radius 3 is 2.48 bits per heavy atom. The average molecular weight is 375 g/mol. The first-order valence-corrected chi connectivity index (χ1v) is 9.56. The lowest BCUT2D eigenvalue weighted by Crippen LogP contribution is -2.43. The van der Waals surface area contributed by atoms with Gasteiger partial charge in [0.15, 0.2) is 6.61 Å². The number of carbonyl (C=O) groups is 3. The van der Waals surface area contributed by atoms with E-state index in [4.69, 9.17) is 4.74 Å². The molecule has 0 saturated carbocycles. The molecule has 1 fully saturated rings. The summed E-state index contributed by atoms with van der Waals surface area (Å²) in [6.07, 6.45) is 2.95. The SMILES string of the molecule is CCC[C@@H](C)NC(=O)COC(=O)C1CCN(C(=O)Nc2ccccc2)CC1. The van der Waals surface area contributed by atoms with Crippen LogP contribution in [-0.4, -0.2) is 48.5 Å². The van der Waals surface area contributed by atoms with Gasteiger partial charge in [-0.05, 0) is 38.3 Å². The van der Waals surface area contributed by atoms with E-state index in [1.165, 1.54) is 0 Å². The summed E-state index contributed by atoms with van der Waals surface area (Å²) < 4.78 is 5.14.